The van der Waals surface area contributed by atoms with Crippen molar-refractivity contribution < 1.29 is 14.1 Å². The molecular formula is C17H21N2O3+. The van der Waals surface area contributed by atoms with E-state index < -0.39 is 0 Å². The smallest absolute Gasteiger partial charge is 0.290 e. The third-order valence-electron chi connectivity index (χ3n) is 4.27. The van der Waals surface area contributed by atoms with Gasteiger partial charge in [-0.1, -0.05) is 6.07 Å². The van der Waals surface area contributed by atoms with Gasteiger partial charge in [0.1, 0.15) is 5.58 Å². The van der Waals surface area contributed by atoms with Crippen LogP contribution in [0.2, 0.25) is 0 Å². The van der Waals surface area contributed by atoms with Gasteiger partial charge in [-0.15, -0.1) is 0 Å². The number of likely N-dealkylation sites (N-methyl/N-ethyl adjacent to an activating group) is 1. The molecule has 3 rings (SSSR count). The molecule has 0 bridgehead atoms. The lowest BCUT2D eigenvalue weighted by molar-refractivity contribution is -0.883. The largest absolute Gasteiger partial charge is 0.450 e. The van der Waals surface area contributed by atoms with Gasteiger partial charge in [-0.2, -0.15) is 0 Å². The third-order valence-corrected chi connectivity index (χ3v) is 4.27. The summed E-state index contributed by atoms with van der Waals surface area (Å²) >= 11 is 0. The monoisotopic (exact) mass is 301 g/mol. The molecule has 1 aliphatic heterocycles. The van der Waals surface area contributed by atoms with E-state index >= 15 is 0 Å². The molecule has 0 atom stereocenters. The number of piperazine rings is 1. The highest BCUT2D eigenvalue weighted by atomic mass is 16.3. The van der Waals surface area contributed by atoms with Gasteiger partial charge in [0.15, 0.2) is 11.2 Å². The molecule has 1 amide bonds. The Morgan fingerprint density at radius 1 is 1.18 bits per heavy atom. The van der Waals surface area contributed by atoms with E-state index in [2.05, 4.69) is 7.05 Å². The number of carbonyl (C=O) groups is 1. The van der Waals surface area contributed by atoms with Gasteiger partial charge in [-0.05, 0) is 31.0 Å². The average Bonchev–Trinajstić information content (AvgIpc) is 2.48. The number of quaternary nitrogens is 1. The van der Waals surface area contributed by atoms with E-state index in [4.69, 9.17) is 4.42 Å². The Bertz CT molecular complexity index is 786. The molecule has 5 heteroatoms. The number of rotatable bonds is 1. The zero-order valence-electron chi connectivity index (χ0n) is 13.2. The fourth-order valence-electron chi connectivity index (χ4n) is 2.96. The van der Waals surface area contributed by atoms with Crippen LogP contribution in [0.3, 0.4) is 0 Å². The molecule has 0 spiro atoms. The van der Waals surface area contributed by atoms with Crippen molar-refractivity contribution in [1.29, 1.82) is 0 Å². The summed E-state index contributed by atoms with van der Waals surface area (Å²) in [5.74, 6) is -0.0459. The van der Waals surface area contributed by atoms with E-state index in [1.807, 2.05) is 26.0 Å². The average molecular weight is 301 g/mol. The summed E-state index contributed by atoms with van der Waals surface area (Å²) in [5, 5.41) is 0.539. The van der Waals surface area contributed by atoms with Crippen molar-refractivity contribution in [2.75, 3.05) is 33.2 Å². The Kier molecular flexibility index (Phi) is 3.74. The first-order valence-corrected chi connectivity index (χ1v) is 7.61. The van der Waals surface area contributed by atoms with E-state index in [1.165, 1.54) is 11.0 Å². The Balaban J connectivity index is 2.01. The highest BCUT2D eigenvalue weighted by molar-refractivity contribution is 5.93. The SMILES string of the molecule is Cc1cc(C)c2oc(C(=O)N3CC[NH+](C)CC3)cc(=O)c2c1. The summed E-state index contributed by atoms with van der Waals surface area (Å²) in [5.41, 5.74) is 2.25. The van der Waals surface area contributed by atoms with E-state index in [9.17, 15) is 9.59 Å². The highest BCUT2D eigenvalue weighted by Gasteiger charge is 2.25. The van der Waals surface area contributed by atoms with Crippen LogP contribution >= 0.6 is 0 Å². The van der Waals surface area contributed by atoms with Crippen LogP contribution in [-0.4, -0.2) is 44.0 Å². The maximum Gasteiger partial charge on any atom is 0.290 e. The molecular weight excluding hydrogens is 280 g/mol. The molecule has 1 aromatic heterocycles. The van der Waals surface area contributed by atoms with Crippen molar-refractivity contribution in [3.05, 3.63) is 45.3 Å². The van der Waals surface area contributed by atoms with Crippen LogP contribution in [0.1, 0.15) is 21.7 Å². The molecule has 1 fully saturated rings. The summed E-state index contributed by atoms with van der Waals surface area (Å²) in [7, 11) is 2.11. The first-order chi connectivity index (χ1) is 10.5. The molecule has 1 aliphatic rings. The van der Waals surface area contributed by atoms with Gasteiger partial charge in [0.05, 0.1) is 38.6 Å². The lowest BCUT2D eigenvalue weighted by Crippen LogP contribution is -3.12. The fraction of sp³-hybridized carbons (Fsp3) is 0.412. The summed E-state index contributed by atoms with van der Waals surface area (Å²) in [6.07, 6.45) is 0. The van der Waals surface area contributed by atoms with E-state index in [1.54, 1.807) is 4.90 Å². The number of carbonyl (C=O) groups excluding carboxylic acids is 1. The second-order valence-corrected chi connectivity index (χ2v) is 6.18. The number of hydrogen-bond acceptors (Lipinski definition) is 3. The topological polar surface area (TPSA) is 55.0 Å². The van der Waals surface area contributed by atoms with Crippen molar-refractivity contribution >= 4 is 16.9 Å². The highest BCUT2D eigenvalue weighted by Crippen LogP contribution is 2.19. The van der Waals surface area contributed by atoms with Crippen molar-refractivity contribution in [2.24, 2.45) is 0 Å². The van der Waals surface area contributed by atoms with Crippen molar-refractivity contribution in [2.45, 2.75) is 13.8 Å². The van der Waals surface area contributed by atoms with Gasteiger partial charge in [-0.25, -0.2) is 0 Å². The minimum Gasteiger partial charge on any atom is -0.450 e. The second kappa shape index (κ2) is 5.57. The zero-order chi connectivity index (χ0) is 15.9. The lowest BCUT2D eigenvalue weighted by Gasteiger charge is -2.29. The summed E-state index contributed by atoms with van der Waals surface area (Å²) in [4.78, 5) is 28.0. The molecule has 0 unspecified atom stereocenters. The van der Waals surface area contributed by atoms with Crippen LogP contribution in [0.4, 0.5) is 0 Å². The first-order valence-electron chi connectivity index (χ1n) is 7.61. The normalized spacial score (nSPS) is 16.2. The van der Waals surface area contributed by atoms with Crippen LogP contribution < -0.4 is 10.3 Å². The summed E-state index contributed by atoms with van der Waals surface area (Å²) < 4.78 is 5.77. The quantitative estimate of drug-likeness (QED) is 0.828. The molecule has 22 heavy (non-hydrogen) atoms. The van der Waals surface area contributed by atoms with E-state index in [0.29, 0.717) is 24.1 Å². The van der Waals surface area contributed by atoms with Crippen LogP contribution in [0, 0.1) is 13.8 Å². The minimum absolute atomic E-state index is 0.143. The standard InChI is InChI=1S/C17H20N2O3/c1-11-8-12(2)16-13(9-11)14(20)10-15(22-16)17(21)19-6-4-18(3)5-7-19/h8-10H,4-7H2,1-3H3/p+1. The maximum atomic E-state index is 12.6. The zero-order valence-corrected chi connectivity index (χ0v) is 13.2. The van der Waals surface area contributed by atoms with Crippen LogP contribution in [0.5, 0.6) is 0 Å². The molecule has 0 aliphatic carbocycles. The second-order valence-electron chi connectivity index (χ2n) is 6.18. The molecule has 1 aromatic carbocycles. The molecule has 1 N–H and O–H groups in total. The Hall–Kier alpha value is -2.14. The number of nitrogens with one attached hydrogen (secondary N) is 1. The van der Waals surface area contributed by atoms with Gasteiger partial charge in [-0.3, -0.25) is 9.59 Å². The van der Waals surface area contributed by atoms with Crippen LogP contribution in [0.15, 0.2) is 27.4 Å². The predicted octanol–water partition coefficient (Wildman–Crippen LogP) is 0.380. The number of benzene rings is 1. The molecule has 2 heterocycles. The lowest BCUT2D eigenvalue weighted by atomic mass is 10.1. The Morgan fingerprint density at radius 2 is 1.86 bits per heavy atom. The number of amides is 1. The van der Waals surface area contributed by atoms with Gasteiger partial charge in [0, 0.05) is 6.07 Å². The fourth-order valence-corrected chi connectivity index (χ4v) is 2.96. The third kappa shape index (κ3) is 2.64. The molecule has 2 aromatic rings. The van der Waals surface area contributed by atoms with Gasteiger partial charge in [0.2, 0.25) is 0 Å². The van der Waals surface area contributed by atoms with E-state index in [-0.39, 0.29) is 17.1 Å². The molecule has 0 saturated carbocycles. The number of aryl methyl sites for hydroxylation is 2. The van der Waals surface area contributed by atoms with Crippen molar-refractivity contribution in [3.63, 3.8) is 0 Å². The van der Waals surface area contributed by atoms with Gasteiger partial charge >= 0.3 is 0 Å². The summed E-state index contributed by atoms with van der Waals surface area (Å²) in [6.45, 7) is 7.06. The molecule has 0 radical (unpaired) electrons. The molecule has 5 nitrogen and oxygen atoms in total. The van der Waals surface area contributed by atoms with Gasteiger partial charge < -0.3 is 14.2 Å². The minimum atomic E-state index is -0.188. The first kappa shape index (κ1) is 14.8. The predicted molar refractivity (Wildman–Crippen MR) is 84.5 cm³/mol. The Morgan fingerprint density at radius 3 is 2.55 bits per heavy atom. The number of nitrogens with zero attached hydrogens (tertiary/aromatic N) is 1. The molecule has 1 saturated heterocycles. The van der Waals surface area contributed by atoms with Crippen LogP contribution in [-0.2, 0) is 0 Å². The van der Waals surface area contributed by atoms with E-state index in [0.717, 1.165) is 24.2 Å². The molecule has 116 valence electrons. The Labute approximate surface area is 129 Å². The number of fused-ring (bicyclic) bond motifs is 1. The van der Waals surface area contributed by atoms with Crippen molar-refractivity contribution in [3.8, 4) is 0 Å². The maximum absolute atomic E-state index is 12.6. The van der Waals surface area contributed by atoms with Crippen LogP contribution in [0.25, 0.3) is 11.0 Å². The number of hydrogen-bond donors (Lipinski definition) is 1. The summed E-state index contributed by atoms with van der Waals surface area (Å²) in [6, 6.07) is 5.09. The van der Waals surface area contributed by atoms with Crippen molar-refractivity contribution in [1.82, 2.24) is 4.90 Å². The van der Waals surface area contributed by atoms with Gasteiger partial charge in [0.25, 0.3) is 5.91 Å².